The predicted molar refractivity (Wildman–Crippen MR) is 67.3 cm³/mol. The lowest BCUT2D eigenvalue weighted by molar-refractivity contribution is 0.377. The molecule has 0 atom stereocenters. The van der Waals surface area contributed by atoms with E-state index in [4.69, 9.17) is 5.73 Å². The Morgan fingerprint density at radius 2 is 1.93 bits per heavy atom. The van der Waals surface area contributed by atoms with Crippen LogP contribution in [0.1, 0.15) is 19.4 Å². The highest BCUT2D eigenvalue weighted by atomic mass is 15.1. The molecule has 0 aliphatic rings. The van der Waals surface area contributed by atoms with Crippen LogP contribution in [0.5, 0.6) is 0 Å². The van der Waals surface area contributed by atoms with Crippen LogP contribution in [0, 0.1) is 5.41 Å². The summed E-state index contributed by atoms with van der Waals surface area (Å²) < 4.78 is 0. The molecule has 0 unspecified atom stereocenters. The minimum Gasteiger partial charge on any atom is -0.378 e. The van der Waals surface area contributed by atoms with Crippen LogP contribution in [0.25, 0.3) is 0 Å². The predicted octanol–water partition coefficient (Wildman–Crippen LogP) is 2.28. The molecule has 0 aliphatic heterocycles. The minimum atomic E-state index is 0.185. The van der Waals surface area contributed by atoms with E-state index in [1.54, 1.807) is 0 Å². The third kappa shape index (κ3) is 3.56. The summed E-state index contributed by atoms with van der Waals surface area (Å²) in [4.78, 5) is 2.12. The Kier molecular flexibility index (Phi) is 3.75. The lowest BCUT2D eigenvalue weighted by Crippen LogP contribution is -2.26. The largest absolute Gasteiger partial charge is 0.378 e. The van der Waals surface area contributed by atoms with Crippen LogP contribution in [0.2, 0.25) is 0 Å². The van der Waals surface area contributed by atoms with E-state index in [-0.39, 0.29) is 5.41 Å². The van der Waals surface area contributed by atoms with E-state index in [1.165, 1.54) is 11.3 Å². The van der Waals surface area contributed by atoms with Crippen LogP contribution >= 0.6 is 0 Å². The average Bonchev–Trinajstić information content (AvgIpc) is 2.17. The van der Waals surface area contributed by atoms with Gasteiger partial charge in [-0.15, -0.1) is 0 Å². The van der Waals surface area contributed by atoms with Crippen LogP contribution in [-0.4, -0.2) is 20.6 Å². The van der Waals surface area contributed by atoms with Gasteiger partial charge >= 0.3 is 0 Å². The molecule has 1 rings (SSSR count). The van der Waals surface area contributed by atoms with Crippen LogP contribution in [0.4, 0.5) is 5.69 Å². The van der Waals surface area contributed by atoms with Gasteiger partial charge in [-0.2, -0.15) is 0 Å². The van der Waals surface area contributed by atoms with Crippen molar-refractivity contribution in [3.63, 3.8) is 0 Å². The van der Waals surface area contributed by atoms with Gasteiger partial charge in [0.2, 0.25) is 0 Å². The average molecular weight is 206 g/mol. The number of nitrogens with two attached hydrogens (primary N) is 1. The van der Waals surface area contributed by atoms with E-state index in [1.807, 2.05) is 0 Å². The van der Waals surface area contributed by atoms with Crippen molar-refractivity contribution >= 4 is 5.69 Å². The van der Waals surface area contributed by atoms with E-state index < -0.39 is 0 Å². The highest BCUT2D eigenvalue weighted by molar-refractivity contribution is 5.47. The van der Waals surface area contributed by atoms with Gasteiger partial charge in [-0.3, -0.25) is 0 Å². The first-order chi connectivity index (χ1) is 6.94. The molecule has 0 amide bonds. The fourth-order valence-corrected chi connectivity index (χ4v) is 1.57. The zero-order chi connectivity index (χ0) is 11.5. The number of hydrogen-bond donors (Lipinski definition) is 1. The van der Waals surface area contributed by atoms with Crippen molar-refractivity contribution in [3.8, 4) is 0 Å². The number of hydrogen-bond acceptors (Lipinski definition) is 2. The monoisotopic (exact) mass is 206 g/mol. The van der Waals surface area contributed by atoms with Crippen molar-refractivity contribution in [2.24, 2.45) is 11.1 Å². The van der Waals surface area contributed by atoms with Gasteiger partial charge in [0.05, 0.1) is 0 Å². The van der Waals surface area contributed by atoms with Crippen molar-refractivity contribution in [2.45, 2.75) is 20.3 Å². The normalized spacial score (nSPS) is 11.5. The summed E-state index contributed by atoms with van der Waals surface area (Å²) in [6.45, 7) is 5.13. The first-order valence-corrected chi connectivity index (χ1v) is 5.41. The molecule has 0 heterocycles. The van der Waals surface area contributed by atoms with E-state index in [0.29, 0.717) is 0 Å². The van der Waals surface area contributed by atoms with Crippen molar-refractivity contribution in [1.82, 2.24) is 0 Å². The van der Waals surface area contributed by atoms with Gasteiger partial charge < -0.3 is 10.6 Å². The van der Waals surface area contributed by atoms with Crippen molar-refractivity contribution in [2.75, 3.05) is 25.5 Å². The second kappa shape index (κ2) is 4.67. The standard InChI is InChI=1S/C13H22N2/c1-13(2,10-14)9-11-6-5-7-12(8-11)15(3)4/h5-8H,9-10,14H2,1-4H3. The topological polar surface area (TPSA) is 29.3 Å². The van der Waals surface area contributed by atoms with Gasteiger partial charge in [0.1, 0.15) is 0 Å². The smallest absolute Gasteiger partial charge is 0.0363 e. The van der Waals surface area contributed by atoms with Crippen molar-refractivity contribution in [3.05, 3.63) is 29.8 Å². The SMILES string of the molecule is CN(C)c1cccc(CC(C)(C)CN)c1. The Hall–Kier alpha value is -1.02. The molecular weight excluding hydrogens is 184 g/mol. The molecule has 2 heteroatoms. The zero-order valence-electron chi connectivity index (χ0n) is 10.2. The Morgan fingerprint density at radius 1 is 1.27 bits per heavy atom. The van der Waals surface area contributed by atoms with Gasteiger partial charge in [0, 0.05) is 19.8 Å². The van der Waals surface area contributed by atoms with Crippen LogP contribution in [0.3, 0.4) is 0 Å². The molecule has 15 heavy (non-hydrogen) atoms. The van der Waals surface area contributed by atoms with Crippen LogP contribution in [0.15, 0.2) is 24.3 Å². The zero-order valence-corrected chi connectivity index (χ0v) is 10.2. The summed E-state index contributed by atoms with van der Waals surface area (Å²) in [5.41, 5.74) is 8.54. The number of benzene rings is 1. The fraction of sp³-hybridized carbons (Fsp3) is 0.538. The lowest BCUT2D eigenvalue weighted by atomic mass is 9.86. The van der Waals surface area contributed by atoms with E-state index in [9.17, 15) is 0 Å². The molecule has 0 spiro atoms. The fourth-order valence-electron chi connectivity index (χ4n) is 1.57. The van der Waals surface area contributed by atoms with E-state index >= 15 is 0 Å². The van der Waals surface area contributed by atoms with E-state index in [0.717, 1.165) is 13.0 Å². The summed E-state index contributed by atoms with van der Waals surface area (Å²) in [7, 11) is 4.13. The third-order valence-electron chi connectivity index (χ3n) is 2.66. The molecule has 84 valence electrons. The Bertz CT molecular complexity index is 316. The van der Waals surface area contributed by atoms with Gasteiger partial charge in [0.25, 0.3) is 0 Å². The van der Waals surface area contributed by atoms with Gasteiger partial charge in [-0.05, 0) is 36.1 Å². The Labute approximate surface area is 93.1 Å². The maximum atomic E-state index is 5.74. The maximum absolute atomic E-state index is 5.74. The van der Waals surface area contributed by atoms with Gasteiger partial charge in [-0.1, -0.05) is 26.0 Å². The second-order valence-corrected chi connectivity index (χ2v) is 5.11. The second-order valence-electron chi connectivity index (χ2n) is 5.11. The first-order valence-electron chi connectivity index (χ1n) is 5.41. The molecule has 0 saturated carbocycles. The van der Waals surface area contributed by atoms with Crippen molar-refractivity contribution in [1.29, 1.82) is 0 Å². The molecule has 0 bridgehead atoms. The molecule has 2 N–H and O–H groups in total. The number of rotatable bonds is 4. The molecule has 1 aromatic carbocycles. The van der Waals surface area contributed by atoms with E-state index in [2.05, 4.69) is 57.1 Å². The summed E-state index contributed by atoms with van der Waals surface area (Å²) in [6, 6.07) is 8.64. The lowest BCUT2D eigenvalue weighted by Gasteiger charge is -2.23. The van der Waals surface area contributed by atoms with Crippen molar-refractivity contribution < 1.29 is 0 Å². The summed E-state index contributed by atoms with van der Waals surface area (Å²) in [6.07, 6.45) is 1.03. The molecule has 2 nitrogen and oxygen atoms in total. The van der Waals surface area contributed by atoms with Crippen LogP contribution in [-0.2, 0) is 6.42 Å². The van der Waals surface area contributed by atoms with Crippen LogP contribution < -0.4 is 10.6 Å². The molecule has 0 fully saturated rings. The summed E-state index contributed by atoms with van der Waals surface area (Å²) >= 11 is 0. The summed E-state index contributed by atoms with van der Waals surface area (Å²) in [5, 5.41) is 0. The first kappa shape index (κ1) is 12.1. The molecule has 0 aliphatic carbocycles. The highest BCUT2D eigenvalue weighted by Gasteiger charge is 2.16. The molecule has 0 aromatic heterocycles. The molecule has 0 radical (unpaired) electrons. The Balaban J connectivity index is 2.82. The third-order valence-corrected chi connectivity index (χ3v) is 2.66. The Morgan fingerprint density at radius 3 is 2.47 bits per heavy atom. The highest BCUT2D eigenvalue weighted by Crippen LogP contribution is 2.22. The molecule has 0 saturated heterocycles. The minimum absolute atomic E-state index is 0.185. The molecule has 1 aromatic rings. The number of anilines is 1. The number of nitrogens with zero attached hydrogens (tertiary/aromatic N) is 1. The maximum Gasteiger partial charge on any atom is 0.0363 e. The summed E-state index contributed by atoms with van der Waals surface area (Å²) in [5.74, 6) is 0. The quantitative estimate of drug-likeness (QED) is 0.819. The van der Waals surface area contributed by atoms with Gasteiger partial charge in [-0.25, -0.2) is 0 Å². The molecular formula is C13H22N2. The van der Waals surface area contributed by atoms with Gasteiger partial charge in [0.15, 0.2) is 0 Å².